The monoisotopic (exact) mass is 520 g/mol. The lowest BCUT2D eigenvalue weighted by atomic mass is 10.1. The molecule has 0 saturated carbocycles. The van der Waals surface area contributed by atoms with Crippen LogP contribution in [0.15, 0.2) is 139 Å². The third-order valence-electron chi connectivity index (χ3n) is 6.16. The van der Waals surface area contributed by atoms with Crippen molar-refractivity contribution >= 4 is 46.1 Å². The van der Waals surface area contributed by atoms with Gasteiger partial charge in [-0.25, -0.2) is 9.59 Å². The lowest BCUT2D eigenvalue weighted by molar-refractivity contribution is -0.137. The highest BCUT2D eigenvalue weighted by Crippen LogP contribution is 2.48. The van der Waals surface area contributed by atoms with Crippen molar-refractivity contribution < 1.29 is 19.1 Å². The third-order valence-corrected chi connectivity index (χ3v) is 10.5. The van der Waals surface area contributed by atoms with E-state index < -0.39 is 18.8 Å². The summed E-state index contributed by atoms with van der Waals surface area (Å²) in [7, 11) is 2.66. The molecule has 0 N–H and O–H groups in total. The van der Waals surface area contributed by atoms with Crippen molar-refractivity contribution in [3.63, 3.8) is 0 Å². The van der Waals surface area contributed by atoms with Gasteiger partial charge in [-0.2, -0.15) is 0 Å². The summed E-state index contributed by atoms with van der Waals surface area (Å²) in [5, 5.41) is 3.02. The maximum atomic E-state index is 13.9. The largest absolute Gasteiger partial charge is 0.465 e. The van der Waals surface area contributed by atoms with Gasteiger partial charge in [0, 0.05) is 0 Å². The molecule has 38 heavy (non-hydrogen) atoms. The SMILES string of the molecule is COC(=O)C(/C(=C\C=C\c1ccccc1)C(=O)OC)=P(c1ccccc1)(c1ccccc1)c1ccccc1. The van der Waals surface area contributed by atoms with Crippen LogP contribution in [0.25, 0.3) is 6.08 Å². The quantitative estimate of drug-likeness (QED) is 0.140. The Hall–Kier alpha value is -4.40. The van der Waals surface area contributed by atoms with E-state index in [9.17, 15) is 9.59 Å². The van der Waals surface area contributed by atoms with Gasteiger partial charge in [-0.1, -0.05) is 133 Å². The van der Waals surface area contributed by atoms with Crippen molar-refractivity contribution in [3.8, 4) is 0 Å². The minimum atomic E-state index is -2.93. The van der Waals surface area contributed by atoms with Crippen LogP contribution in [0.3, 0.4) is 0 Å². The molecule has 0 heterocycles. The predicted octanol–water partition coefficient (Wildman–Crippen LogP) is 5.14. The van der Waals surface area contributed by atoms with Crippen molar-refractivity contribution in [2.45, 2.75) is 0 Å². The smallest absolute Gasteiger partial charge is 0.339 e. The lowest BCUT2D eigenvalue weighted by Crippen LogP contribution is -2.36. The van der Waals surface area contributed by atoms with Gasteiger partial charge in [-0.15, -0.1) is 0 Å². The van der Waals surface area contributed by atoms with E-state index in [1.54, 1.807) is 12.2 Å². The summed E-state index contributed by atoms with van der Waals surface area (Å²) < 4.78 is 10.6. The normalized spacial score (nSPS) is 11.7. The van der Waals surface area contributed by atoms with Crippen LogP contribution in [0.5, 0.6) is 0 Å². The molecule has 0 amide bonds. The van der Waals surface area contributed by atoms with Crippen LogP contribution in [0, 0.1) is 0 Å². The molecule has 0 aromatic heterocycles. The van der Waals surface area contributed by atoms with Gasteiger partial charge in [0.2, 0.25) is 0 Å². The van der Waals surface area contributed by atoms with Crippen LogP contribution >= 0.6 is 6.89 Å². The number of methoxy groups -OCH3 is 2. The van der Waals surface area contributed by atoms with Gasteiger partial charge in [0.25, 0.3) is 0 Å². The van der Waals surface area contributed by atoms with Crippen LogP contribution in [-0.2, 0) is 19.1 Å². The van der Waals surface area contributed by atoms with Gasteiger partial charge in [0.1, 0.15) is 0 Å². The second kappa shape index (κ2) is 12.7. The average Bonchev–Trinajstić information content (AvgIpc) is 2.99. The van der Waals surface area contributed by atoms with Gasteiger partial charge in [-0.3, -0.25) is 0 Å². The Kier molecular flexibility index (Phi) is 8.92. The number of carbonyl (C=O) groups is 2. The molecule has 0 saturated heterocycles. The Morgan fingerprint density at radius 2 is 0.974 bits per heavy atom. The van der Waals surface area contributed by atoms with E-state index in [0.29, 0.717) is 0 Å². The fourth-order valence-electron chi connectivity index (χ4n) is 4.49. The van der Waals surface area contributed by atoms with E-state index in [4.69, 9.17) is 9.47 Å². The van der Waals surface area contributed by atoms with Crippen molar-refractivity contribution in [2.75, 3.05) is 14.2 Å². The maximum Gasteiger partial charge on any atom is 0.339 e. The van der Waals surface area contributed by atoms with Gasteiger partial charge >= 0.3 is 11.9 Å². The summed E-state index contributed by atoms with van der Waals surface area (Å²) >= 11 is 0. The average molecular weight is 521 g/mol. The molecule has 0 aliphatic rings. The molecule has 0 aliphatic carbocycles. The predicted molar refractivity (Wildman–Crippen MR) is 158 cm³/mol. The summed E-state index contributed by atoms with van der Waals surface area (Å²) in [6, 6.07) is 39.3. The molecule has 4 nitrogen and oxygen atoms in total. The number of allylic oxidation sites excluding steroid dienone is 2. The van der Waals surface area contributed by atoms with Crippen molar-refractivity contribution in [2.24, 2.45) is 0 Å². The second-order valence-electron chi connectivity index (χ2n) is 8.36. The van der Waals surface area contributed by atoms with Crippen LogP contribution in [0.2, 0.25) is 0 Å². The second-order valence-corrected chi connectivity index (χ2v) is 11.7. The van der Waals surface area contributed by atoms with E-state index in [0.717, 1.165) is 21.5 Å². The number of esters is 2. The standard InChI is InChI=1S/C33H29O4P/c1-36-32(34)30(25-15-18-26-16-7-3-8-17-26)31(33(35)37-2)38(27-19-9-4-10-20-27,28-21-11-5-12-22-28)29-23-13-6-14-24-29/h3-25H,1-2H3/b18-15+,30-25+. The van der Waals surface area contributed by atoms with E-state index in [2.05, 4.69) is 0 Å². The maximum absolute atomic E-state index is 13.9. The summed E-state index contributed by atoms with van der Waals surface area (Å²) in [6.07, 6.45) is 5.29. The molecular weight excluding hydrogens is 491 g/mol. The molecule has 0 atom stereocenters. The molecular formula is C33H29O4P. The first kappa shape index (κ1) is 26.7. The molecule has 0 aliphatic heterocycles. The number of ether oxygens (including phenoxy) is 2. The van der Waals surface area contributed by atoms with Crippen LogP contribution in [0.1, 0.15) is 5.56 Å². The summed E-state index contributed by atoms with van der Waals surface area (Å²) in [5.41, 5.74) is 1.11. The summed E-state index contributed by atoms with van der Waals surface area (Å²) in [5.74, 6) is -1.20. The Morgan fingerprint density at radius 3 is 1.37 bits per heavy atom. The molecule has 4 aromatic carbocycles. The first-order chi connectivity index (χ1) is 18.6. The highest BCUT2D eigenvalue weighted by molar-refractivity contribution is 7.96. The van der Waals surface area contributed by atoms with E-state index >= 15 is 0 Å². The first-order valence-corrected chi connectivity index (χ1v) is 14.0. The number of hydrogen-bond acceptors (Lipinski definition) is 4. The number of carbonyl (C=O) groups excluding carboxylic acids is 2. The molecule has 4 rings (SSSR count). The summed E-state index contributed by atoms with van der Waals surface area (Å²) in [6.45, 7) is -2.93. The Balaban J connectivity index is 2.21. The van der Waals surface area contributed by atoms with Gasteiger partial charge in [0.05, 0.1) is 25.1 Å². The molecule has 0 fully saturated rings. The van der Waals surface area contributed by atoms with E-state index in [-0.39, 0.29) is 10.9 Å². The van der Waals surface area contributed by atoms with E-state index in [1.165, 1.54) is 14.2 Å². The van der Waals surface area contributed by atoms with Crippen LogP contribution < -0.4 is 15.9 Å². The number of benzene rings is 4. The minimum absolute atomic E-state index is 0.149. The van der Waals surface area contributed by atoms with Gasteiger partial charge in [-0.05, 0) is 34.4 Å². The highest BCUT2D eigenvalue weighted by Gasteiger charge is 2.37. The van der Waals surface area contributed by atoms with E-state index in [1.807, 2.05) is 127 Å². The number of rotatable bonds is 8. The zero-order chi connectivity index (χ0) is 26.8. The molecule has 0 radical (unpaired) electrons. The molecule has 5 heteroatoms. The van der Waals surface area contributed by atoms with Gasteiger partial charge in [0.15, 0.2) is 0 Å². The van der Waals surface area contributed by atoms with Crippen LogP contribution in [-0.4, -0.2) is 31.5 Å². The van der Waals surface area contributed by atoms with Gasteiger partial charge < -0.3 is 9.47 Å². The zero-order valence-electron chi connectivity index (χ0n) is 21.4. The fourth-order valence-corrected chi connectivity index (χ4v) is 8.91. The Morgan fingerprint density at radius 1 is 0.579 bits per heavy atom. The zero-order valence-corrected chi connectivity index (χ0v) is 22.3. The number of hydrogen-bond donors (Lipinski definition) is 0. The topological polar surface area (TPSA) is 52.6 Å². The molecule has 4 aromatic rings. The first-order valence-electron chi connectivity index (χ1n) is 12.2. The van der Waals surface area contributed by atoms with Crippen molar-refractivity contribution in [1.29, 1.82) is 0 Å². The van der Waals surface area contributed by atoms with Crippen molar-refractivity contribution in [3.05, 3.63) is 145 Å². The Labute approximate surface area is 223 Å². The van der Waals surface area contributed by atoms with Crippen LogP contribution in [0.4, 0.5) is 0 Å². The third kappa shape index (κ3) is 5.46. The highest BCUT2D eigenvalue weighted by atomic mass is 31.2. The lowest BCUT2D eigenvalue weighted by Gasteiger charge is -2.32. The molecule has 0 bridgehead atoms. The molecule has 0 spiro atoms. The molecule has 0 unspecified atom stereocenters. The van der Waals surface area contributed by atoms with Crippen molar-refractivity contribution in [1.82, 2.24) is 0 Å². The fraction of sp³-hybridized carbons (Fsp3) is 0.0606. The Bertz CT molecular complexity index is 1390. The summed E-state index contributed by atoms with van der Waals surface area (Å²) in [4.78, 5) is 27.3. The molecule has 190 valence electrons. The minimum Gasteiger partial charge on any atom is -0.465 e.